The van der Waals surface area contributed by atoms with Crippen LogP contribution in [0.4, 0.5) is 0 Å². The van der Waals surface area contributed by atoms with Gasteiger partial charge in [0.2, 0.25) is 5.78 Å². The van der Waals surface area contributed by atoms with E-state index in [1.807, 2.05) is 0 Å². The normalized spacial score (nSPS) is 40.9. The first-order valence-electron chi connectivity index (χ1n) is 11.4. The van der Waals surface area contributed by atoms with Gasteiger partial charge in [-0.1, -0.05) is 18.2 Å². The largest absolute Gasteiger partial charge is 0.507 e. The van der Waals surface area contributed by atoms with Crippen molar-refractivity contribution in [2.75, 3.05) is 0 Å². The lowest BCUT2D eigenvalue weighted by molar-refractivity contribution is -0.289. The molecule has 0 spiro atoms. The van der Waals surface area contributed by atoms with Crippen LogP contribution in [0.5, 0.6) is 5.75 Å². The Kier molecular flexibility index (Phi) is 5.23. The highest BCUT2D eigenvalue weighted by atomic mass is 16.7. The number of phenolic OH excluding ortho intramolecular Hbond substituents is 1. The number of fused-ring (bicyclic) bond motifs is 3. The van der Waals surface area contributed by atoms with Crippen molar-refractivity contribution in [3.63, 3.8) is 0 Å². The van der Waals surface area contributed by atoms with Crippen molar-refractivity contribution < 1.29 is 49.4 Å². The molecule has 1 aromatic rings. The van der Waals surface area contributed by atoms with Crippen LogP contribution in [0.25, 0.3) is 0 Å². The summed E-state index contributed by atoms with van der Waals surface area (Å²) in [6, 6.07) is 3.92. The molecule has 0 unspecified atom stereocenters. The summed E-state index contributed by atoms with van der Waals surface area (Å²) in [6.45, 7) is 2.76. The first-order chi connectivity index (χ1) is 16.3. The minimum Gasteiger partial charge on any atom is -0.507 e. The van der Waals surface area contributed by atoms with Crippen LogP contribution in [0.15, 0.2) is 41.5 Å². The van der Waals surface area contributed by atoms with Crippen LogP contribution in [0.3, 0.4) is 0 Å². The quantitative estimate of drug-likeness (QED) is 0.386. The van der Waals surface area contributed by atoms with Crippen LogP contribution in [0, 0.1) is 0 Å². The van der Waals surface area contributed by atoms with E-state index in [1.165, 1.54) is 31.2 Å². The minimum absolute atomic E-state index is 0.0922. The van der Waals surface area contributed by atoms with Gasteiger partial charge in [0.05, 0.1) is 28.9 Å². The predicted octanol–water partition coefficient (Wildman–Crippen LogP) is 0.0947. The average molecular weight is 486 g/mol. The fourth-order valence-electron chi connectivity index (χ4n) is 5.62. The molecule has 4 aliphatic rings. The topological polar surface area (TPSA) is 171 Å². The number of rotatable bonds is 2. The molecule has 0 aromatic heterocycles. The molecule has 1 aromatic carbocycles. The van der Waals surface area contributed by atoms with Crippen molar-refractivity contribution in [3.8, 4) is 5.75 Å². The molecule has 1 saturated heterocycles. The van der Waals surface area contributed by atoms with Crippen molar-refractivity contribution in [3.05, 3.63) is 52.6 Å². The van der Waals surface area contributed by atoms with Crippen molar-refractivity contribution in [1.29, 1.82) is 0 Å². The maximum atomic E-state index is 13.8. The van der Waals surface area contributed by atoms with Gasteiger partial charge in [-0.25, -0.2) is 0 Å². The Morgan fingerprint density at radius 1 is 1.09 bits per heavy atom. The zero-order chi connectivity index (χ0) is 25.5. The zero-order valence-corrected chi connectivity index (χ0v) is 19.1. The summed E-state index contributed by atoms with van der Waals surface area (Å²) in [4.78, 5) is 41.0. The van der Waals surface area contributed by atoms with Crippen LogP contribution < -0.4 is 0 Å². The van der Waals surface area contributed by atoms with E-state index in [9.17, 15) is 39.9 Å². The Balaban J connectivity index is 1.74. The number of ketones is 3. The maximum Gasteiger partial charge on any atom is 0.204 e. The van der Waals surface area contributed by atoms with E-state index in [0.29, 0.717) is 0 Å². The standard InChI is InChI=1S/C25H26O10/c1-11-14(26)6-7-16(34-11)35-25-18-13(19(28)17-12(20(18)29)4-3-5-15(17)27)8-9-24(25,33)10-23(2,32)21(30)22(25)31/h3-5,8-9,11,14,16,21,26-27,30,32-33H,6-7,10H2,1-2H3/t11-,14-,16-,21+,23+,24+,25-/m0/s1. The molecule has 5 rings (SSSR count). The summed E-state index contributed by atoms with van der Waals surface area (Å²) in [7, 11) is 0. The van der Waals surface area contributed by atoms with E-state index in [4.69, 9.17) is 9.47 Å². The lowest BCUT2D eigenvalue weighted by Gasteiger charge is -2.56. The highest BCUT2D eigenvalue weighted by Gasteiger charge is 2.71. The minimum atomic E-state index is -2.60. The summed E-state index contributed by atoms with van der Waals surface area (Å²) >= 11 is 0. The van der Waals surface area contributed by atoms with Crippen molar-refractivity contribution >= 4 is 17.3 Å². The van der Waals surface area contributed by atoms with Gasteiger partial charge in [0.15, 0.2) is 23.5 Å². The number of phenols is 1. The smallest absolute Gasteiger partial charge is 0.204 e. The summed E-state index contributed by atoms with van der Waals surface area (Å²) in [5.41, 5.74) is -8.21. The summed E-state index contributed by atoms with van der Waals surface area (Å²) in [5, 5.41) is 53.6. The van der Waals surface area contributed by atoms with Crippen LogP contribution in [-0.2, 0) is 14.3 Å². The summed E-state index contributed by atoms with van der Waals surface area (Å²) in [6.07, 6.45) is -2.75. The fraction of sp³-hybridized carbons (Fsp3) is 0.480. The van der Waals surface area contributed by atoms with Gasteiger partial charge in [-0.2, -0.15) is 0 Å². The van der Waals surface area contributed by atoms with E-state index in [2.05, 4.69) is 0 Å². The first-order valence-corrected chi connectivity index (χ1v) is 11.4. The summed E-state index contributed by atoms with van der Waals surface area (Å²) in [5.74, 6) is -3.24. The molecule has 7 atom stereocenters. The van der Waals surface area contributed by atoms with E-state index in [-0.39, 0.29) is 29.5 Å². The van der Waals surface area contributed by atoms with Gasteiger partial charge in [-0.15, -0.1) is 0 Å². The Morgan fingerprint density at radius 2 is 1.80 bits per heavy atom. The van der Waals surface area contributed by atoms with Gasteiger partial charge < -0.3 is 35.0 Å². The molecule has 186 valence electrons. The van der Waals surface area contributed by atoms with Gasteiger partial charge in [-0.05, 0) is 32.4 Å². The number of Topliss-reactive ketones (excluding diaryl/α,β-unsaturated/α-hetero) is 3. The molecule has 0 radical (unpaired) electrons. The molecule has 0 bridgehead atoms. The fourth-order valence-corrected chi connectivity index (χ4v) is 5.62. The number of aliphatic hydroxyl groups is 4. The summed E-state index contributed by atoms with van der Waals surface area (Å²) < 4.78 is 11.8. The molecular weight excluding hydrogens is 460 g/mol. The molecule has 1 heterocycles. The molecule has 2 fully saturated rings. The number of ether oxygens (including phenoxy) is 2. The highest BCUT2D eigenvalue weighted by Crippen LogP contribution is 2.54. The Hall–Kier alpha value is -2.73. The molecular formula is C25H26O10. The van der Waals surface area contributed by atoms with Gasteiger partial charge in [0.25, 0.3) is 0 Å². The second kappa shape index (κ2) is 7.63. The van der Waals surface area contributed by atoms with Gasteiger partial charge in [-0.3, -0.25) is 14.4 Å². The van der Waals surface area contributed by atoms with E-state index >= 15 is 0 Å². The number of carbonyl (C=O) groups is 3. The molecule has 35 heavy (non-hydrogen) atoms. The second-order valence-corrected chi connectivity index (χ2v) is 9.92. The van der Waals surface area contributed by atoms with E-state index in [1.54, 1.807) is 6.92 Å². The number of allylic oxidation sites excluding steroid dienone is 2. The van der Waals surface area contributed by atoms with E-state index in [0.717, 1.165) is 6.08 Å². The van der Waals surface area contributed by atoms with Crippen LogP contribution in [-0.4, -0.2) is 84.3 Å². The third-order valence-corrected chi connectivity index (χ3v) is 7.47. The van der Waals surface area contributed by atoms with Gasteiger partial charge in [0, 0.05) is 24.0 Å². The Morgan fingerprint density at radius 3 is 2.49 bits per heavy atom. The molecule has 1 aliphatic heterocycles. The lowest BCUT2D eigenvalue weighted by Crippen LogP contribution is -2.75. The van der Waals surface area contributed by atoms with Crippen molar-refractivity contribution in [2.45, 2.75) is 74.5 Å². The molecule has 10 heteroatoms. The van der Waals surface area contributed by atoms with Crippen LogP contribution >= 0.6 is 0 Å². The molecule has 3 aliphatic carbocycles. The lowest BCUT2D eigenvalue weighted by atomic mass is 9.56. The zero-order valence-electron chi connectivity index (χ0n) is 19.1. The van der Waals surface area contributed by atoms with Gasteiger partial charge in [0.1, 0.15) is 17.5 Å². The number of hydrogen-bond donors (Lipinski definition) is 5. The van der Waals surface area contributed by atoms with Crippen LogP contribution in [0.2, 0.25) is 0 Å². The Bertz CT molecular complexity index is 1210. The highest BCUT2D eigenvalue weighted by molar-refractivity contribution is 6.32. The van der Waals surface area contributed by atoms with Gasteiger partial charge >= 0.3 is 0 Å². The third kappa shape index (κ3) is 3.15. The number of aliphatic hydroxyl groups excluding tert-OH is 2. The average Bonchev–Trinajstić information content (AvgIpc) is 2.79. The molecule has 0 amide bonds. The van der Waals surface area contributed by atoms with Crippen LogP contribution in [0.1, 0.15) is 53.8 Å². The second-order valence-electron chi connectivity index (χ2n) is 9.92. The third-order valence-electron chi connectivity index (χ3n) is 7.47. The Labute approximate surface area is 200 Å². The monoisotopic (exact) mass is 486 g/mol. The number of benzene rings is 1. The maximum absolute atomic E-state index is 13.8. The first kappa shape index (κ1) is 24.0. The van der Waals surface area contributed by atoms with Crippen molar-refractivity contribution in [1.82, 2.24) is 0 Å². The van der Waals surface area contributed by atoms with Crippen molar-refractivity contribution in [2.24, 2.45) is 0 Å². The predicted molar refractivity (Wildman–Crippen MR) is 118 cm³/mol. The molecule has 1 saturated carbocycles. The number of aromatic hydroxyl groups is 1. The number of carbonyl (C=O) groups excluding carboxylic acids is 3. The van der Waals surface area contributed by atoms with E-state index < -0.39 is 76.5 Å². The number of hydrogen-bond acceptors (Lipinski definition) is 10. The molecule has 5 N–H and O–H groups in total. The SMILES string of the molecule is C[C@@H]1O[C@@H](O[C@@]23C(=O)[C@@H](O)[C@](C)(O)C[C@]2(O)C=CC2=C3C(=O)c3cccc(O)c3C2=O)CC[C@@H]1O. The molecule has 10 nitrogen and oxygen atoms in total.